The number of carbonyl (C=O) groups excluding carboxylic acids is 1. The topological polar surface area (TPSA) is 22.0 Å². The molecule has 1 aliphatic rings. The van der Waals surface area contributed by atoms with Crippen LogP contribution in [0.3, 0.4) is 0 Å². The van der Waals surface area contributed by atoms with E-state index in [1.807, 2.05) is 6.07 Å². The Bertz CT molecular complexity index is 388. The maximum Gasteiger partial charge on any atom is 0.166 e. The second-order valence-corrected chi connectivity index (χ2v) is 5.70. The molecule has 1 aliphatic carbocycles. The highest BCUT2D eigenvalue weighted by atomic mass is 16.1. The van der Waals surface area contributed by atoms with Gasteiger partial charge in [0.15, 0.2) is 6.29 Å². The Balaban J connectivity index is 2.15. The monoisotopic (exact) mass is 247 g/mol. The van der Waals surface area contributed by atoms with Crippen molar-refractivity contribution >= 4 is 6.29 Å². The molecule has 0 aromatic carbocycles. The fraction of sp³-hybridized carbons (Fsp3) is 0.688. The van der Waals surface area contributed by atoms with Crippen molar-refractivity contribution in [1.82, 2.24) is 4.57 Å². The summed E-state index contributed by atoms with van der Waals surface area (Å²) in [6.07, 6.45) is 10.1. The van der Waals surface area contributed by atoms with Crippen molar-refractivity contribution in [2.24, 2.45) is 5.92 Å². The predicted octanol–water partition coefficient (Wildman–Crippen LogP) is 4.39. The molecule has 0 aliphatic heterocycles. The van der Waals surface area contributed by atoms with E-state index < -0.39 is 0 Å². The van der Waals surface area contributed by atoms with Crippen molar-refractivity contribution in [2.45, 2.75) is 64.8 Å². The maximum absolute atomic E-state index is 11.1. The Morgan fingerprint density at radius 1 is 1.33 bits per heavy atom. The molecule has 18 heavy (non-hydrogen) atoms. The van der Waals surface area contributed by atoms with Gasteiger partial charge in [0.1, 0.15) is 0 Å². The van der Waals surface area contributed by atoms with E-state index in [0.717, 1.165) is 30.7 Å². The third-order valence-corrected chi connectivity index (χ3v) is 4.41. The molecule has 1 heterocycles. The van der Waals surface area contributed by atoms with Gasteiger partial charge in [0.05, 0.1) is 5.69 Å². The summed E-state index contributed by atoms with van der Waals surface area (Å²) in [5.41, 5.74) is 2.20. The molecule has 0 unspecified atom stereocenters. The number of nitrogens with zero attached hydrogens (tertiary/aromatic N) is 1. The maximum atomic E-state index is 11.1. The first kappa shape index (κ1) is 13.4. The largest absolute Gasteiger partial charge is 0.340 e. The van der Waals surface area contributed by atoms with Gasteiger partial charge in [-0.1, -0.05) is 39.0 Å². The average Bonchev–Trinajstić information content (AvgIpc) is 2.82. The second kappa shape index (κ2) is 6.21. The van der Waals surface area contributed by atoms with Crippen LogP contribution in [0.15, 0.2) is 12.1 Å². The zero-order valence-corrected chi connectivity index (χ0v) is 11.7. The van der Waals surface area contributed by atoms with Crippen LogP contribution in [0.5, 0.6) is 0 Å². The standard InChI is InChI=1S/C16H25NO/c1-3-13(2)17-15(9-10-16(17)12-18)11-14-7-5-4-6-8-14/h9-10,12-14H,3-8,11H2,1-2H3/t13-/m0/s1. The molecule has 0 amide bonds. The molecular weight excluding hydrogens is 222 g/mol. The third kappa shape index (κ3) is 2.85. The lowest BCUT2D eigenvalue weighted by atomic mass is 9.86. The van der Waals surface area contributed by atoms with Crippen LogP contribution in [-0.2, 0) is 6.42 Å². The molecule has 2 nitrogen and oxygen atoms in total. The Kier molecular flexibility index (Phi) is 4.62. The van der Waals surface area contributed by atoms with Gasteiger partial charge >= 0.3 is 0 Å². The van der Waals surface area contributed by atoms with E-state index in [2.05, 4.69) is 24.5 Å². The van der Waals surface area contributed by atoms with Crippen molar-refractivity contribution in [3.05, 3.63) is 23.5 Å². The molecule has 1 aromatic heterocycles. The summed E-state index contributed by atoms with van der Waals surface area (Å²) in [7, 11) is 0. The van der Waals surface area contributed by atoms with E-state index in [1.54, 1.807) is 0 Å². The zero-order valence-electron chi connectivity index (χ0n) is 11.7. The lowest BCUT2D eigenvalue weighted by Crippen LogP contribution is -2.16. The molecule has 0 spiro atoms. The fourth-order valence-electron chi connectivity index (χ4n) is 3.18. The lowest BCUT2D eigenvalue weighted by Gasteiger charge is -2.24. The number of hydrogen-bond donors (Lipinski definition) is 0. The minimum Gasteiger partial charge on any atom is -0.340 e. The van der Waals surface area contributed by atoms with E-state index >= 15 is 0 Å². The first-order valence-electron chi connectivity index (χ1n) is 7.41. The van der Waals surface area contributed by atoms with Crippen molar-refractivity contribution in [2.75, 3.05) is 0 Å². The Morgan fingerprint density at radius 3 is 2.67 bits per heavy atom. The van der Waals surface area contributed by atoms with Crippen LogP contribution in [0, 0.1) is 5.92 Å². The lowest BCUT2D eigenvalue weighted by molar-refractivity contribution is 0.111. The predicted molar refractivity (Wildman–Crippen MR) is 75.1 cm³/mol. The number of aldehydes is 1. The molecule has 2 heteroatoms. The molecule has 100 valence electrons. The van der Waals surface area contributed by atoms with E-state index in [9.17, 15) is 4.79 Å². The van der Waals surface area contributed by atoms with Gasteiger partial charge < -0.3 is 4.57 Å². The zero-order chi connectivity index (χ0) is 13.0. The third-order valence-electron chi connectivity index (χ3n) is 4.41. The van der Waals surface area contributed by atoms with Gasteiger partial charge in [-0.05, 0) is 37.8 Å². The summed E-state index contributed by atoms with van der Waals surface area (Å²) in [6, 6.07) is 4.57. The Hall–Kier alpha value is -1.05. The highest BCUT2D eigenvalue weighted by molar-refractivity contribution is 5.72. The molecule has 0 radical (unpaired) electrons. The highest BCUT2D eigenvalue weighted by Crippen LogP contribution is 2.29. The summed E-state index contributed by atoms with van der Waals surface area (Å²) < 4.78 is 2.25. The summed E-state index contributed by atoms with van der Waals surface area (Å²) >= 11 is 0. The summed E-state index contributed by atoms with van der Waals surface area (Å²) in [5, 5.41) is 0. The first-order chi connectivity index (χ1) is 8.76. The summed E-state index contributed by atoms with van der Waals surface area (Å²) in [5.74, 6) is 0.830. The smallest absolute Gasteiger partial charge is 0.166 e. The highest BCUT2D eigenvalue weighted by Gasteiger charge is 2.18. The molecule has 0 bridgehead atoms. The van der Waals surface area contributed by atoms with Gasteiger partial charge in [-0.2, -0.15) is 0 Å². The van der Waals surface area contributed by atoms with Crippen LogP contribution in [-0.4, -0.2) is 10.9 Å². The molecule has 1 atom stereocenters. The number of carbonyl (C=O) groups is 1. The normalized spacial score (nSPS) is 18.8. The second-order valence-electron chi connectivity index (χ2n) is 5.70. The first-order valence-corrected chi connectivity index (χ1v) is 7.41. The summed E-state index contributed by atoms with van der Waals surface area (Å²) in [4.78, 5) is 11.1. The van der Waals surface area contributed by atoms with Gasteiger partial charge in [-0.3, -0.25) is 4.79 Å². The van der Waals surface area contributed by atoms with E-state index in [0.29, 0.717) is 6.04 Å². The summed E-state index contributed by atoms with van der Waals surface area (Å²) in [6.45, 7) is 4.39. The van der Waals surface area contributed by atoms with E-state index in [-0.39, 0.29) is 0 Å². The van der Waals surface area contributed by atoms with E-state index in [4.69, 9.17) is 0 Å². The van der Waals surface area contributed by atoms with Crippen LogP contribution in [0.2, 0.25) is 0 Å². The van der Waals surface area contributed by atoms with Gasteiger partial charge in [-0.25, -0.2) is 0 Å². The van der Waals surface area contributed by atoms with Crippen molar-refractivity contribution in [1.29, 1.82) is 0 Å². The van der Waals surface area contributed by atoms with Crippen LogP contribution < -0.4 is 0 Å². The Morgan fingerprint density at radius 2 is 2.06 bits per heavy atom. The molecule has 1 aromatic rings. The minimum atomic E-state index is 0.429. The van der Waals surface area contributed by atoms with Crippen molar-refractivity contribution in [3.63, 3.8) is 0 Å². The van der Waals surface area contributed by atoms with Gasteiger partial charge in [0.2, 0.25) is 0 Å². The van der Waals surface area contributed by atoms with Crippen LogP contribution in [0.1, 0.15) is 74.6 Å². The van der Waals surface area contributed by atoms with Crippen LogP contribution >= 0.6 is 0 Å². The Labute approximate surface area is 110 Å². The SMILES string of the molecule is CC[C@H](C)n1c(C=O)ccc1CC1CCCCC1. The average molecular weight is 247 g/mol. The van der Waals surface area contributed by atoms with Gasteiger partial charge in [0.25, 0.3) is 0 Å². The molecular formula is C16H25NO. The molecule has 0 N–H and O–H groups in total. The number of hydrogen-bond acceptors (Lipinski definition) is 1. The van der Waals surface area contributed by atoms with Crippen molar-refractivity contribution < 1.29 is 4.79 Å². The molecule has 0 saturated heterocycles. The number of rotatable bonds is 5. The molecule has 1 saturated carbocycles. The van der Waals surface area contributed by atoms with Crippen LogP contribution in [0.25, 0.3) is 0 Å². The fourth-order valence-corrected chi connectivity index (χ4v) is 3.18. The minimum absolute atomic E-state index is 0.429. The van der Waals surface area contributed by atoms with Gasteiger partial charge in [-0.15, -0.1) is 0 Å². The molecule has 1 fully saturated rings. The number of aromatic nitrogens is 1. The van der Waals surface area contributed by atoms with Crippen molar-refractivity contribution in [3.8, 4) is 0 Å². The van der Waals surface area contributed by atoms with E-state index in [1.165, 1.54) is 37.8 Å². The quantitative estimate of drug-likeness (QED) is 0.707. The van der Waals surface area contributed by atoms with Crippen LogP contribution in [0.4, 0.5) is 0 Å². The van der Waals surface area contributed by atoms with Gasteiger partial charge in [0, 0.05) is 11.7 Å². The molecule has 2 rings (SSSR count).